The monoisotopic (exact) mass is 285 g/mol. The second kappa shape index (κ2) is 3.95. The van der Waals surface area contributed by atoms with Gasteiger partial charge in [0, 0.05) is 23.7 Å². The number of carbonyl (C=O) groups is 1. The van der Waals surface area contributed by atoms with E-state index in [1.807, 2.05) is 0 Å². The highest BCUT2D eigenvalue weighted by molar-refractivity contribution is 6.03. The third kappa shape index (κ3) is 1.64. The van der Waals surface area contributed by atoms with Gasteiger partial charge in [0.2, 0.25) is 12.6 Å². The van der Waals surface area contributed by atoms with Gasteiger partial charge in [-0.2, -0.15) is 0 Å². The van der Waals surface area contributed by atoms with E-state index in [4.69, 9.17) is 19.0 Å². The van der Waals surface area contributed by atoms with Crippen molar-refractivity contribution in [3.05, 3.63) is 40.4 Å². The molecule has 0 unspecified atom stereocenters. The van der Waals surface area contributed by atoms with Crippen LogP contribution in [0.5, 0.6) is 11.5 Å². The number of hydrogen-bond donors (Lipinski definition) is 1. The third-order valence-electron chi connectivity index (χ3n) is 3.26. The molecule has 1 aromatic carbocycles. The van der Waals surface area contributed by atoms with Gasteiger partial charge in [-0.05, 0) is 6.07 Å². The fourth-order valence-electron chi connectivity index (χ4n) is 2.28. The van der Waals surface area contributed by atoms with E-state index in [2.05, 4.69) is 4.98 Å². The topological polar surface area (TPSA) is 98.9 Å². The highest BCUT2D eigenvalue weighted by Crippen LogP contribution is 2.37. The van der Waals surface area contributed by atoms with Crippen LogP contribution in [0.15, 0.2) is 33.6 Å². The van der Waals surface area contributed by atoms with E-state index in [1.54, 1.807) is 12.1 Å². The number of hydrogen-bond acceptors (Lipinski definition) is 6. The highest BCUT2D eigenvalue weighted by atomic mass is 16.7. The maximum Gasteiger partial charge on any atom is 0.371 e. The number of pyridine rings is 1. The van der Waals surface area contributed by atoms with Crippen LogP contribution in [0.3, 0.4) is 0 Å². The van der Waals surface area contributed by atoms with Gasteiger partial charge in [-0.15, -0.1) is 0 Å². The summed E-state index contributed by atoms with van der Waals surface area (Å²) in [4.78, 5) is 27.2. The average Bonchev–Trinajstić information content (AvgIpc) is 2.91. The molecular weight excluding hydrogens is 278 g/mol. The molecule has 3 heterocycles. The minimum Gasteiger partial charge on any atom is -0.475 e. The fourth-order valence-corrected chi connectivity index (χ4v) is 2.28. The molecule has 7 heteroatoms. The van der Waals surface area contributed by atoms with Gasteiger partial charge >= 0.3 is 5.97 Å². The van der Waals surface area contributed by atoms with Crippen LogP contribution in [0.1, 0.15) is 10.6 Å². The first kappa shape index (κ1) is 11.7. The number of fused-ring (bicyclic) bond motifs is 4. The molecule has 2 aromatic heterocycles. The lowest BCUT2D eigenvalue weighted by atomic mass is 10.1. The summed E-state index contributed by atoms with van der Waals surface area (Å²) in [5, 5.41) is 9.71. The van der Waals surface area contributed by atoms with Gasteiger partial charge in [0.25, 0.3) is 0 Å². The lowest BCUT2D eigenvalue weighted by Gasteiger charge is -2.04. The quantitative estimate of drug-likeness (QED) is 0.680. The Balaban J connectivity index is 2.17. The van der Waals surface area contributed by atoms with Crippen molar-refractivity contribution in [3.8, 4) is 11.5 Å². The van der Waals surface area contributed by atoms with E-state index < -0.39 is 17.2 Å². The molecule has 1 N–H and O–H groups in total. The SMILES string of the molecule is O=C(O)c1cc(=O)c2cnc3cc4c(cc3c2o1)OCO4. The van der Waals surface area contributed by atoms with Crippen molar-refractivity contribution in [2.75, 3.05) is 6.79 Å². The predicted octanol–water partition coefficient (Wildman–Crippen LogP) is 1.77. The molecule has 0 radical (unpaired) electrons. The van der Waals surface area contributed by atoms with Crippen LogP contribution in [0.4, 0.5) is 0 Å². The first-order valence-electron chi connectivity index (χ1n) is 6.03. The van der Waals surface area contributed by atoms with Crippen LogP contribution >= 0.6 is 0 Å². The van der Waals surface area contributed by atoms with Crippen LogP contribution in [0.2, 0.25) is 0 Å². The Morgan fingerprint density at radius 3 is 2.67 bits per heavy atom. The van der Waals surface area contributed by atoms with Crippen molar-refractivity contribution in [1.82, 2.24) is 4.98 Å². The number of carboxylic acids is 1. The van der Waals surface area contributed by atoms with E-state index in [1.165, 1.54) is 6.20 Å². The highest BCUT2D eigenvalue weighted by Gasteiger charge is 2.19. The van der Waals surface area contributed by atoms with Crippen molar-refractivity contribution < 1.29 is 23.8 Å². The maximum absolute atomic E-state index is 12.0. The summed E-state index contributed by atoms with van der Waals surface area (Å²) in [6.45, 7) is 0.105. The molecule has 0 fully saturated rings. The van der Waals surface area contributed by atoms with Crippen molar-refractivity contribution in [2.24, 2.45) is 0 Å². The molecule has 0 saturated heterocycles. The number of ether oxygens (including phenoxy) is 2. The number of carboxylic acid groups (broad SMARTS) is 1. The summed E-state index contributed by atoms with van der Waals surface area (Å²) in [6.07, 6.45) is 1.36. The number of aromatic carboxylic acids is 1. The van der Waals surface area contributed by atoms with Crippen molar-refractivity contribution >= 4 is 27.8 Å². The lowest BCUT2D eigenvalue weighted by Crippen LogP contribution is -2.06. The van der Waals surface area contributed by atoms with Gasteiger partial charge in [0.05, 0.1) is 10.9 Å². The Bertz CT molecular complexity index is 975. The van der Waals surface area contributed by atoms with Crippen LogP contribution < -0.4 is 14.9 Å². The number of nitrogens with zero attached hydrogens (tertiary/aromatic N) is 1. The first-order valence-corrected chi connectivity index (χ1v) is 6.03. The van der Waals surface area contributed by atoms with Gasteiger partial charge in [0.15, 0.2) is 16.9 Å². The van der Waals surface area contributed by atoms with Gasteiger partial charge in [-0.25, -0.2) is 4.79 Å². The summed E-state index contributed by atoms with van der Waals surface area (Å²) >= 11 is 0. The summed E-state index contributed by atoms with van der Waals surface area (Å²) in [6, 6.07) is 4.22. The number of aromatic nitrogens is 1. The maximum atomic E-state index is 12.0. The molecule has 0 saturated carbocycles. The third-order valence-corrected chi connectivity index (χ3v) is 3.26. The zero-order valence-corrected chi connectivity index (χ0v) is 10.5. The van der Waals surface area contributed by atoms with E-state index in [-0.39, 0.29) is 17.8 Å². The molecule has 1 aliphatic rings. The summed E-state index contributed by atoms with van der Waals surface area (Å²) < 4.78 is 15.9. The van der Waals surface area contributed by atoms with Crippen LogP contribution in [-0.2, 0) is 0 Å². The zero-order chi connectivity index (χ0) is 14.6. The van der Waals surface area contributed by atoms with Gasteiger partial charge in [-0.1, -0.05) is 0 Å². The van der Waals surface area contributed by atoms with Gasteiger partial charge in [-0.3, -0.25) is 9.78 Å². The largest absolute Gasteiger partial charge is 0.475 e. The van der Waals surface area contributed by atoms with Crippen LogP contribution in [0, 0.1) is 0 Å². The second-order valence-electron chi connectivity index (χ2n) is 4.50. The molecule has 21 heavy (non-hydrogen) atoms. The molecule has 104 valence electrons. The first-order chi connectivity index (χ1) is 10.1. The predicted molar refractivity (Wildman–Crippen MR) is 70.9 cm³/mol. The molecule has 0 atom stereocenters. The van der Waals surface area contributed by atoms with Gasteiger partial charge in [0.1, 0.15) is 5.58 Å². The van der Waals surface area contributed by atoms with E-state index in [9.17, 15) is 9.59 Å². The molecule has 0 amide bonds. The zero-order valence-electron chi connectivity index (χ0n) is 10.5. The fraction of sp³-hybridized carbons (Fsp3) is 0.0714. The number of rotatable bonds is 1. The minimum atomic E-state index is -1.31. The van der Waals surface area contributed by atoms with E-state index in [0.29, 0.717) is 22.4 Å². The average molecular weight is 285 g/mol. The molecule has 0 spiro atoms. The molecule has 0 aliphatic carbocycles. The normalized spacial score (nSPS) is 13.0. The van der Waals surface area contributed by atoms with Crippen LogP contribution in [-0.4, -0.2) is 22.9 Å². The standard InChI is InChI=1S/C14H7NO6/c16-9-3-12(14(17)18)21-13-6-1-10-11(20-5-19-10)2-8(6)15-4-7(9)13/h1-4H,5H2,(H,17,18). The molecule has 0 bridgehead atoms. The number of benzene rings is 1. The molecule has 7 nitrogen and oxygen atoms in total. The van der Waals surface area contributed by atoms with Crippen molar-refractivity contribution in [3.63, 3.8) is 0 Å². The minimum absolute atomic E-state index is 0.105. The molecule has 4 rings (SSSR count). The summed E-state index contributed by atoms with van der Waals surface area (Å²) in [5.41, 5.74) is 0.237. The summed E-state index contributed by atoms with van der Waals surface area (Å²) in [5.74, 6) is -0.677. The Labute approximate surface area is 116 Å². The smallest absolute Gasteiger partial charge is 0.371 e. The molecular formula is C14H7NO6. The van der Waals surface area contributed by atoms with E-state index in [0.717, 1.165) is 6.07 Å². The Hall–Kier alpha value is -3.09. The van der Waals surface area contributed by atoms with Crippen molar-refractivity contribution in [2.45, 2.75) is 0 Å². The van der Waals surface area contributed by atoms with E-state index >= 15 is 0 Å². The Morgan fingerprint density at radius 2 is 1.90 bits per heavy atom. The Morgan fingerprint density at radius 1 is 1.14 bits per heavy atom. The summed E-state index contributed by atoms with van der Waals surface area (Å²) in [7, 11) is 0. The second-order valence-corrected chi connectivity index (χ2v) is 4.50. The Kier molecular flexibility index (Phi) is 2.20. The van der Waals surface area contributed by atoms with Gasteiger partial charge < -0.3 is 19.0 Å². The van der Waals surface area contributed by atoms with Crippen LogP contribution in [0.25, 0.3) is 21.9 Å². The lowest BCUT2D eigenvalue weighted by molar-refractivity contribution is 0.0663. The molecule has 1 aliphatic heterocycles. The molecule has 3 aromatic rings. The van der Waals surface area contributed by atoms with Crippen molar-refractivity contribution in [1.29, 1.82) is 0 Å².